The molecule has 0 saturated heterocycles. The Bertz CT molecular complexity index is 530. The summed E-state index contributed by atoms with van der Waals surface area (Å²) < 4.78 is 10.2. The van der Waals surface area contributed by atoms with Crippen molar-refractivity contribution in [1.82, 2.24) is 0 Å². The summed E-state index contributed by atoms with van der Waals surface area (Å²) in [6.45, 7) is 3.85. The first kappa shape index (κ1) is 14.3. The fraction of sp³-hybridized carbons (Fsp3) is 0.235. The lowest BCUT2D eigenvalue weighted by atomic mass is 10.0. The number of allylic oxidation sites excluding steroid dienone is 8. The Morgan fingerprint density at radius 2 is 2.05 bits per heavy atom. The van der Waals surface area contributed by atoms with Gasteiger partial charge in [-0.25, -0.2) is 4.79 Å². The second-order valence-electron chi connectivity index (χ2n) is 4.47. The zero-order valence-electron chi connectivity index (χ0n) is 11.4. The first-order valence-electron chi connectivity index (χ1n) is 6.60. The molecule has 2 aliphatic carbocycles. The highest BCUT2D eigenvalue weighted by atomic mass is 16.7. The van der Waals surface area contributed by atoms with Crippen LogP contribution in [0.25, 0.3) is 0 Å². The zero-order valence-corrected chi connectivity index (χ0v) is 11.4. The van der Waals surface area contributed by atoms with Crippen LogP contribution >= 0.6 is 0 Å². The Morgan fingerprint density at radius 3 is 2.70 bits per heavy atom. The van der Waals surface area contributed by atoms with Gasteiger partial charge in [0.25, 0.3) is 0 Å². The van der Waals surface area contributed by atoms with E-state index in [1.807, 2.05) is 36.5 Å². The van der Waals surface area contributed by atoms with Crippen molar-refractivity contribution in [3.63, 3.8) is 0 Å². The molecule has 0 aromatic rings. The lowest BCUT2D eigenvalue weighted by molar-refractivity contribution is -0.150. The van der Waals surface area contributed by atoms with Gasteiger partial charge in [0.1, 0.15) is 0 Å². The highest BCUT2D eigenvalue weighted by Gasteiger charge is 2.17. The molecule has 0 fully saturated rings. The van der Waals surface area contributed by atoms with Crippen LogP contribution in [-0.4, -0.2) is 19.4 Å². The van der Waals surface area contributed by atoms with E-state index in [1.165, 1.54) is 0 Å². The minimum atomic E-state index is -0.350. The van der Waals surface area contributed by atoms with Crippen molar-refractivity contribution in [2.45, 2.75) is 12.8 Å². The van der Waals surface area contributed by atoms with Crippen LogP contribution in [0.2, 0.25) is 0 Å². The molecule has 3 heteroatoms. The van der Waals surface area contributed by atoms with Crippen LogP contribution in [0.3, 0.4) is 0 Å². The Hall–Kier alpha value is -2.13. The van der Waals surface area contributed by atoms with Gasteiger partial charge in [-0.3, -0.25) is 0 Å². The van der Waals surface area contributed by atoms with Crippen molar-refractivity contribution >= 4 is 5.97 Å². The van der Waals surface area contributed by atoms with E-state index in [0.29, 0.717) is 12.2 Å². The summed E-state index contributed by atoms with van der Waals surface area (Å²) >= 11 is 0. The predicted molar refractivity (Wildman–Crippen MR) is 78.9 cm³/mol. The van der Waals surface area contributed by atoms with E-state index in [1.54, 1.807) is 6.08 Å². The molecule has 104 valence electrons. The van der Waals surface area contributed by atoms with Crippen LogP contribution in [0.15, 0.2) is 71.9 Å². The van der Waals surface area contributed by atoms with Gasteiger partial charge in [0.15, 0.2) is 6.79 Å². The van der Waals surface area contributed by atoms with E-state index in [0.717, 1.165) is 24.0 Å². The maximum atomic E-state index is 12.2. The van der Waals surface area contributed by atoms with Crippen molar-refractivity contribution in [2.24, 2.45) is 0 Å². The number of hydrogen-bond acceptors (Lipinski definition) is 3. The molecule has 0 aliphatic heterocycles. The van der Waals surface area contributed by atoms with Gasteiger partial charge in [0, 0.05) is 0 Å². The highest BCUT2D eigenvalue weighted by Crippen LogP contribution is 2.24. The largest absolute Gasteiger partial charge is 0.435 e. The molecular formula is C17H18O3. The minimum absolute atomic E-state index is 0.0554. The fourth-order valence-corrected chi connectivity index (χ4v) is 1.99. The van der Waals surface area contributed by atoms with Crippen LogP contribution in [0, 0.1) is 0 Å². The number of esters is 1. The van der Waals surface area contributed by atoms with Crippen molar-refractivity contribution in [3.8, 4) is 0 Å². The van der Waals surface area contributed by atoms with Gasteiger partial charge in [-0.05, 0) is 30.1 Å². The topological polar surface area (TPSA) is 35.5 Å². The molecule has 2 aliphatic rings. The average molecular weight is 270 g/mol. The van der Waals surface area contributed by atoms with Crippen LogP contribution in [-0.2, 0) is 14.3 Å². The molecule has 0 N–H and O–H groups in total. The quantitative estimate of drug-likeness (QED) is 0.234. The van der Waals surface area contributed by atoms with Crippen LogP contribution < -0.4 is 0 Å². The van der Waals surface area contributed by atoms with E-state index < -0.39 is 0 Å². The highest BCUT2D eigenvalue weighted by molar-refractivity contribution is 5.94. The van der Waals surface area contributed by atoms with Gasteiger partial charge < -0.3 is 9.47 Å². The third-order valence-electron chi connectivity index (χ3n) is 2.98. The smallest absolute Gasteiger partial charge is 0.340 e. The summed E-state index contributed by atoms with van der Waals surface area (Å²) in [6.07, 6.45) is 17.1. The lowest BCUT2D eigenvalue weighted by Gasteiger charge is -2.10. The van der Waals surface area contributed by atoms with E-state index in [2.05, 4.69) is 12.7 Å². The fourth-order valence-electron chi connectivity index (χ4n) is 1.99. The Labute approximate surface area is 119 Å². The molecule has 0 amide bonds. The van der Waals surface area contributed by atoms with Crippen molar-refractivity contribution in [1.29, 1.82) is 0 Å². The first-order chi connectivity index (χ1) is 9.81. The number of carbonyl (C=O) groups is 1. The summed E-state index contributed by atoms with van der Waals surface area (Å²) in [5, 5.41) is 0. The van der Waals surface area contributed by atoms with Crippen molar-refractivity contribution in [2.75, 3.05) is 13.4 Å². The molecule has 2 rings (SSSR count). The molecule has 0 aromatic heterocycles. The Balaban J connectivity index is 2.02. The van der Waals surface area contributed by atoms with E-state index >= 15 is 0 Å². The molecule has 0 bridgehead atoms. The van der Waals surface area contributed by atoms with Crippen LogP contribution in [0.5, 0.6) is 0 Å². The maximum absolute atomic E-state index is 12.2. The summed E-state index contributed by atoms with van der Waals surface area (Å²) in [6, 6.07) is 0. The second kappa shape index (κ2) is 7.46. The minimum Gasteiger partial charge on any atom is -0.435 e. The van der Waals surface area contributed by atoms with Crippen LogP contribution in [0.1, 0.15) is 12.8 Å². The average Bonchev–Trinajstić information content (AvgIpc) is 3.13. The van der Waals surface area contributed by atoms with E-state index in [9.17, 15) is 4.79 Å². The molecule has 0 saturated carbocycles. The number of ether oxygens (including phenoxy) is 2. The number of rotatable bonds is 7. The van der Waals surface area contributed by atoms with Gasteiger partial charge in [-0.15, -0.1) is 6.58 Å². The summed E-state index contributed by atoms with van der Waals surface area (Å²) in [5.41, 5.74) is 2.69. The van der Waals surface area contributed by atoms with Gasteiger partial charge in [-0.1, -0.05) is 42.5 Å². The molecule has 0 unspecified atom stereocenters. The van der Waals surface area contributed by atoms with Crippen molar-refractivity contribution < 1.29 is 14.3 Å². The second-order valence-corrected chi connectivity index (χ2v) is 4.47. The molecule has 0 heterocycles. The zero-order chi connectivity index (χ0) is 14.2. The van der Waals surface area contributed by atoms with E-state index in [-0.39, 0.29) is 12.8 Å². The third kappa shape index (κ3) is 3.93. The monoisotopic (exact) mass is 270 g/mol. The summed E-state index contributed by atoms with van der Waals surface area (Å²) in [7, 11) is 0. The molecule has 0 spiro atoms. The molecule has 0 radical (unpaired) electrons. The summed E-state index contributed by atoms with van der Waals surface area (Å²) in [5.74, 6) is -0.350. The first-order valence-corrected chi connectivity index (χ1v) is 6.60. The van der Waals surface area contributed by atoms with Gasteiger partial charge in [0.05, 0.1) is 12.2 Å². The van der Waals surface area contributed by atoms with E-state index in [4.69, 9.17) is 9.47 Å². The van der Waals surface area contributed by atoms with Gasteiger partial charge in [0.2, 0.25) is 0 Å². The SMILES string of the molecule is C=CCOCOC(=O)/C(=C\C1=CC=CC1)C1=CC=CC1. The third-order valence-corrected chi connectivity index (χ3v) is 2.98. The van der Waals surface area contributed by atoms with Gasteiger partial charge >= 0.3 is 5.97 Å². The molecule has 20 heavy (non-hydrogen) atoms. The van der Waals surface area contributed by atoms with Crippen LogP contribution in [0.4, 0.5) is 0 Å². The molecule has 0 aromatic carbocycles. The lowest BCUT2D eigenvalue weighted by Crippen LogP contribution is -2.12. The molecule has 3 nitrogen and oxygen atoms in total. The van der Waals surface area contributed by atoms with Crippen molar-refractivity contribution in [3.05, 3.63) is 71.9 Å². The normalized spacial score (nSPS) is 17.1. The molecular weight excluding hydrogens is 252 g/mol. The molecule has 0 atom stereocenters. The Kier molecular flexibility index (Phi) is 5.33. The Morgan fingerprint density at radius 1 is 1.25 bits per heavy atom. The van der Waals surface area contributed by atoms with Gasteiger partial charge in [-0.2, -0.15) is 0 Å². The number of carbonyl (C=O) groups excluding carboxylic acids is 1. The standard InChI is InChI=1S/C17H18O3/c1-2-11-19-13-20-17(18)16(15-9-5-6-10-15)12-14-7-3-4-8-14/h2-7,9,12H,1,8,10-11,13H2/b16-12-. The predicted octanol–water partition coefficient (Wildman–Crippen LogP) is 3.39. The number of hydrogen-bond donors (Lipinski definition) is 0. The maximum Gasteiger partial charge on any atom is 0.340 e. The summed E-state index contributed by atoms with van der Waals surface area (Å²) in [4.78, 5) is 12.2.